The molecule has 0 aliphatic heterocycles. The molecule has 2 aromatic carbocycles. The minimum atomic E-state index is -0.212. The summed E-state index contributed by atoms with van der Waals surface area (Å²) in [5, 5.41) is 8.38. The van der Waals surface area contributed by atoms with Gasteiger partial charge >= 0.3 is 0 Å². The Bertz CT molecular complexity index is 1200. The van der Waals surface area contributed by atoms with E-state index in [2.05, 4.69) is 20.6 Å². The second-order valence-corrected chi connectivity index (χ2v) is 8.55. The topological polar surface area (TPSA) is 93.2 Å². The van der Waals surface area contributed by atoms with E-state index in [0.717, 1.165) is 21.5 Å². The van der Waals surface area contributed by atoms with Crippen molar-refractivity contribution in [2.75, 3.05) is 17.2 Å². The summed E-state index contributed by atoms with van der Waals surface area (Å²) < 4.78 is 6.44. The number of hydrogen-bond acceptors (Lipinski definition) is 7. The number of hydrogen-bond donors (Lipinski definition) is 2. The third-order valence-electron chi connectivity index (χ3n) is 4.26. The molecule has 2 heterocycles. The van der Waals surface area contributed by atoms with Crippen molar-refractivity contribution in [2.45, 2.75) is 19.8 Å². The van der Waals surface area contributed by atoms with E-state index in [9.17, 15) is 9.59 Å². The van der Waals surface area contributed by atoms with Crippen LogP contribution in [0.3, 0.4) is 0 Å². The van der Waals surface area contributed by atoms with E-state index in [1.807, 2.05) is 55.5 Å². The lowest BCUT2D eigenvalue weighted by atomic mass is 10.1. The van der Waals surface area contributed by atoms with E-state index in [1.54, 1.807) is 5.38 Å². The highest BCUT2D eigenvalue weighted by molar-refractivity contribution is 7.22. The van der Waals surface area contributed by atoms with E-state index in [4.69, 9.17) is 4.74 Å². The fourth-order valence-electron chi connectivity index (χ4n) is 2.93. The minimum absolute atomic E-state index is 0.102. The number of anilines is 2. The van der Waals surface area contributed by atoms with Gasteiger partial charge in [-0.1, -0.05) is 41.7 Å². The molecular formula is C22H20N4O3S2. The highest BCUT2D eigenvalue weighted by Gasteiger charge is 2.13. The summed E-state index contributed by atoms with van der Waals surface area (Å²) in [5.74, 6) is 0.426. The third kappa shape index (κ3) is 5.65. The van der Waals surface area contributed by atoms with Crippen LogP contribution in [0.25, 0.3) is 10.2 Å². The number of nitrogens with zero attached hydrogens (tertiary/aromatic N) is 2. The molecule has 2 amide bonds. The quantitative estimate of drug-likeness (QED) is 0.410. The van der Waals surface area contributed by atoms with Crippen LogP contribution in [-0.2, 0) is 22.4 Å². The molecule has 0 saturated carbocycles. The first-order chi connectivity index (χ1) is 15.1. The first-order valence-electron chi connectivity index (χ1n) is 9.70. The largest absolute Gasteiger partial charge is 0.494 e. The monoisotopic (exact) mass is 452 g/mol. The van der Waals surface area contributed by atoms with Crippen LogP contribution in [0.1, 0.15) is 18.2 Å². The van der Waals surface area contributed by atoms with Gasteiger partial charge < -0.3 is 15.4 Å². The maximum absolute atomic E-state index is 12.4. The number of aromatic nitrogens is 2. The molecule has 0 saturated heterocycles. The predicted molar refractivity (Wildman–Crippen MR) is 124 cm³/mol. The molecule has 158 valence electrons. The normalized spacial score (nSPS) is 10.7. The number of carbonyl (C=O) groups is 2. The zero-order valence-corrected chi connectivity index (χ0v) is 18.4. The Morgan fingerprint density at radius 3 is 2.55 bits per heavy atom. The Kier molecular flexibility index (Phi) is 6.54. The van der Waals surface area contributed by atoms with Crippen molar-refractivity contribution >= 4 is 55.0 Å². The van der Waals surface area contributed by atoms with Gasteiger partial charge in [-0.05, 0) is 30.7 Å². The number of amides is 2. The van der Waals surface area contributed by atoms with Gasteiger partial charge in [0.1, 0.15) is 5.75 Å². The summed E-state index contributed by atoms with van der Waals surface area (Å²) in [6.07, 6.45) is 0.379. The molecule has 0 bridgehead atoms. The zero-order valence-electron chi connectivity index (χ0n) is 16.8. The van der Waals surface area contributed by atoms with Crippen molar-refractivity contribution < 1.29 is 14.3 Å². The summed E-state index contributed by atoms with van der Waals surface area (Å²) in [7, 11) is 0. The van der Waals surface area contributed by atoms with Crippen LogP contribution in [0.15, 0.2) is 53.9 Å². The fraction of sp³-hybridized carbons (Fsp3) is 0.182. The Labute approximate surface area is 187 Å². The number of benzene rings is 2. The van der Waals surface area contributed by atoms with Gasteiger partial charge in [0.2, 0.25) is 11.8 Å². The van der Waals surface area contributed by atoms with Crippen molar-refractivity contribution in [3.63, 3.8) is 0 Å². The van der Waals surface area contributed by atoms with Crippen molar-refractivity contribution in [2.24, 2.45) is 0 Å². The van der Waals surface area contributed by atoms with Crippen molar-refractivity contribution in [3.8, 4) is 5.75 Å². The maximum Gasteiger partial charge on any atom is 0.232 e. The van der Waals surface area contributed by atoms with E-state index in [1.165, 1.54) is 22.7 Å². The number of nitrogens with one attached hydrogen (secondary N) is 2. The highest BCUT2D eigenvalue weighted by Crippen LogP contribution is 2.29. The molecular weight excluding hydrogens is 432 g/mol. The summed E-state index contributed by atoms with van der Waals surface area (Å²) in [4.78, 5) is 33.4. The lowest BCUT2D eigenvalue weighted by Gasteiger charge is -2.02. The second kappa shape index (κ2) is 9.67. The molecule has 31 heavy (non-hydrogen) atoms. The molecule has 0 atom stereocenters. The van der Waals surface area contributed by atoms with Gasteiger partial charge in [0.05, 0.1) is 35.4 Å². The Morgan fingerprint density at radius 2 is 1.74 bits per heavy atom. The van der Waals surface area contributed by atoms with Crippen molar-refractivity contribution in [1.29, 1.82) is 0 Å². The Balaban J connectivity index is 1.32. The molecule has 0 unspecified atom stereocenters. The van der Waals surface area contributed by atoms with Crippen molar-refractivity contribution in [1.82, 2.24) is 9.97 Å². The van der Waals surface area contributed by atoms with Gasteiger partial charge in [-0.2, -0.15) is 0 Å². The first kappa shape index (κ1) is 21.0. The zero-order chi connectivity index (χ0) is 21.6. The molecule has 2 N–H and O–H groups in total. The van der Waals surface area contributed by atoms with Gasteiger partial charge in [-0.15, -0.1) is 11.3 Å². The maximum atomic E-state index is 12.4. The SMILES string of the molecule is CCOc1ccc2nc(NC(=O)Cc3csc(NC(=O)Cc4ccccc4)n3)sc2c1. The molecule has 4 aromatic rings. The van der Waals surface area contributed by atoms with Crippen LogP contribution >= 0.6 is 22.7 Å². The number of carbonyl (C=O) groups excluding carboxylic acids is 2. The van der Waals surface area contributed by atoms with E-state index >= 15 is 0 Å². The summed E-state index contributed by atoms with van der Waals surface area (Å²) >= 11 is 2.69. The number of fused-ring (bicyclic) bond motifs is 1. The van der Waals surface area contributed by atoms with Crippen LogP contribution in [0.2, 0.25) is 0 Å². The number of thiazole rings is 2. The van der Waals surface area contributed by atoms with Crippen LogP contribution in [0, 0.1) is 0 Å². The van der Waals surface area contributed by atoms with E-state index in [0.29, 0.717) is 22.6 Å². The van der Waals surface area contributed by atoms with Crippen LogP contribution in [-0.4, -0.2) is 28.4 Å². The van der Waals surface area contributed by atoms with Gasteiger partial charge in [-0.25, -0.2) is 9.97 Å². The predicted octanol–water partition coefficient (Wildman–Crippen LogP) is 4.51. The van der Waals surface area contributed by atoms with Gasteiger partial charge in [0.15, 0.2) is 10.3 Å². The fourth-order valence-corrected chi connectivity index (χ4v) is 4.57. The lowest BCUT2D eigenvalue weighted by Crippen LogP contribution is -2.15. The smallest absolute Gasteiger partial charge is 0.232 e. The molecule has 2 aromatic heterocycles. The standard InChI is InChI=1S/C22H20N4O3S2/c1-2-29-16-8-9-17-18(12-16)31-22(24-17)26-20(28)11-15-13-30-21(23-15)25-19(27)10-14-6-4-3-5-7-14/h3-9,12-13H,2,10-11H2,1H3,(H,23,25,27)(H,24,26,28). The molecule has 0 aliphatic carbocycles. The molecule has 7 nitrogen and oxygen atoms in total. The Morgan fingerprint density at radius 1 is 0.968 bits per heavy atom. The lowest BCUT2D eigenvalue weighted by molar-refractivity contribution is -0.116. The minimum Gasteiger partial charge on any atom is -0.494 e. The van der Waals surface area contributed by atoms with Crippen LogP contribution < -0.4 is 15.4 Å². The van der Waals surface area contributed by atoms with Gasteiger partial charge in [-0.3, -0.25) is 9.59 Å². The highest BCUT2D eigenvalue weighted by atomic mass is 32.1. The number of rotatable bonds is 8. The van der Waals surface area contributed by atoms with Gasteiger partial charge in [0, 0.05) is 5.38 Å². The summed E-state index contributed by atoms with van der Waals surface area (Å²) in [6, 6.07) is 15.1. The average molecular weight is 453 g/mol. The molecule has 4 rings (SSSR count). The summed E-state index contributed by atoms with van der Waals surface area (Å²) in [5.41, 5.74) is 2.33. The Hall–Kier alpha value is -3.30. The van der Waals surface area contributed by atoms with Gasteiger partial charge in [0.25, 0.3) is 0 Å². The van der Waals surface area contributed by atoms with Crippen molar-refractivity contribution in [3.05, 3.63) is 65.2 Å². The molecule has 0 spiro atoms. The van der Waals surface area contributed by atoms with E-state index < -0.39 is 0 Å². The van der Waals surface area contributed by atoms with E-state index in [-0.39, 0.29) is 24.7 Å². The summed E-state index contributed by atoms with van der Waals surface area (Å²) in [6.45, 7) is 2.53. The number of ether oxygens (including phenoxy) is 1. The third-order valence-corrected chi connectivity index (χ3v) is 6.00. The van der Waals surface area contributed by atoms with Crippen LogP contribution in [0.4, 0.5) is 10.3 Å². The molecule has 0 fully saturated rings. The molecule has 0 radical (unpaired) electrons. The first-order valence-corrected chi connectivity index (χ1v) is 11.4. The molecule has 9 heteroatoms. The molecule has 0 aliphatic rings. The van der Waals surface area contributed by atoms with Crippen LogP contribution in [0.5, 0.6) is 5.75 Å². The second-order valence-electron chi connectivity index (χ2n) is 6.66. The average Bonchev–Trinajstić information content (AvgIpc) is 3.34.